The predicted octanol–water partition coefficient (Wildman–Crippen LogP) is 5.08. The van der Waals surface area contributed by atoms with Crippen molar-refractivity contribution in [1.29, 1.82) is 5.26 Å². The third-order valence-electron chi connectivity index (χ3n) is 6.44. The Kier molecular flexibility index (Phi) is 5.97. The molecule has 0 aliphatic carbocycles. The first kappa shape index (κ1) is 23.9. The molecule has 0 radical (unpaired) electrons. The van der Waals surface area contributed by atoms with Gasteiger partial charge in [0.15, 0.2) is 11.6 Å². The van der Waals surface area contributed by atoms with Crippen molar-refractivity contribution >= 4 is 22.7 Å². The van der Waals surface area contributed by atoms with E-state index in [0.29, 0.717) is 22.8 Å². The molecule has 0 saturated heterocycles. The van der Waals surface area contributed by atoms with Crippen molar-refractivity contribution in [2.45, 2.75) is 13.0 Å². The van der Waals surface area contributed by atoms with Gasteiger partial charge in [0, 0.05) is 67.0 Å². The molecule has 1 aliphatic rings. The lowest BCUT2D eigenvalue weighted by Gasteiger charge is -2.20. The number of fused-ring (bicyclic) bond motifs is 1. The topological polar surface area (TPSA) is 115 Å². The van der Waals surface area contributed by atoms with Crippen molar-refractivity contribution in [1.82, 2.24) is 34.6 Å². The number of anilines is 2. The number of nitrogens with one attached hydrogen (secondary N) is 2. The summed E-state index contributed by atoms with van der Waals surface area (Å²) in [5.41, 5.74) is 3.67. The van der Waals surface area contributed by atoms with Gasteiger partial charge in [0.2, 0.25) is 0 Å². The van der Waals surface area contributed by atoms with Gasteiger partial charge in [0.1, 0.15) is 23.4 Å². The van der Waals surface area contributed by atoms with Gasteiger partial charge in [-0.1, -0.05) is 6.07 Å². The molecule has 5 aromatic heterocycles. The third kappa shape index (κ3) is 4.67. The minimum Gasteiger partial charge on any atom is -0.363 e. The van der Waals surface area contributed by atoms with E-state index in [1.54, 1.807) is 24.7 Å². The number of H-pyrrole nitrogens is 1. The molecule has 6 heterocycles. The van der Waals surface area contributed by atoms with Crippen LogP contribution in [0, 0.1) is 17.1 Å². The van der Waals surface area contributed by atoms with Crippen molar-refractivity contribution in [3.63, 3.8) is 0 Å². The van der Waals surface area contributed by atoms with Crippen molar-refractivity contribution in [2.75, 3.05) is 17.3 Å². The molecular formula is C28H23FN10. The maximum atomic E-state index is 13.3. The average Bonchev–Trinajstić information content (AvgIpc) is 3.60. The minimum absolute atomic E-state index is 0.0847. The van der Waals surface area contributed by atoms with E-state index in [4.69, 9.17) is 0 Å². The zero-order valence-corrected chi connectivity index (χ0v) is 21.1. The summed E-state index contributed by atoms with van der Waals surface area (Å²) in [7, 11) is 1.96. The zero-order valence-electron chi connectivity index (χ0n) is 21.1. The summed E-state index contributed by atoms with van der Waals surface area (Å²) in [4.78, 5) is 20.7. The van der Waals surface area contributed by atoms with Gasteiger partial charge in [-0.25, -0.2) is 24.0 Å². The lowest BCUT2D eigenvalue weighted by Crippen LogP contribution is -2.16. The highest BCUT2D eigenvalue weighted by Gasteiger charge is 2.17. The fourth-order valence-corrected chi connectivity index (χ4v) is 4.36. The number of rotatable bonds is 6. The van der Waals surface area contributed by atoms with Gasteiger partial charge < -0.3 is 20.1 Å². The van der Waals surface area contributed by atoms with E-state index in [0.717, 1.165) is 34.1 Å². The van der Waals surface area contributed by atoms with Crippen molar-refractivity contribution in [3.05, 3.63) is 103 Å². The largest absolute Gasteiger partial charge is 0.363 e. The molecule has 11 heteroatoms. The van der Waals surface area contributed by atoms with E-state index in [1.807, 2.05) is 72.8 Å². The second-order valence-corrected chi connectivity index (χ2v) is 9.10. The summed E-state index contributed by atoms with van der Waals surface area (Å²) >= 11 is 0. The Morgan fingerprint density at radius 2 is 1.85 bits per heavy atom. The van der Waals surface area contributed by atoms with E-state index in [2.05, 4.69) is 36.4 Å². The first-order valence-electron chi connectivity index (χ1n) is 12.2. The standard InChI is InChI=1S/C28H23FN10/c1-18(19-4-6-25(32-13-19)39-17-22(29)16-34-39)35-24-5-3-20(14-31-24)27-21(12-30)15-33-28-23(27)11-26(36-28)38-9-7-37(2)8-10-38/h3-11,13-18H,1-2H3,(H,31,35)(H,33,36)/t18-/m0/s1. The van der Waals surface area contributed by atoms with Gasteiger partial charge in [-0.3, -0.25) is 0 Å². The van der Waals surface area contributed by atoms with Gasteiger partial charge in [0.05, 0.1) is 24.0 Å². The number of aromatic amines is 1. The Morgan fingerprint density at radius 3 is 2.51 bits per heavy atom. The molecule has 5 aromatic rings. The van der Waals surface area contributed by atoms with Gasteiger partial charge in [0.25, 0.3) is 0 Å². The Labute approximate surface area is 223 Å². The van der Waals surface area contributed by atoms with E-state index in [1.165, 1.54) is 10.9 Å². The fourth-order valence-electron chi connectivity index (χ4n) is 4.36. The Morgan fingerprint density at radius 1 is 1.00 bits per heavy atom. The lowest BCUT2D eigenvalue weighted by atomic mass is 10.0. The van der Waals surface area contributed by atoms with E-state index in [-0.39, 0.29) is 6.04 Å². The highest BCUT2D eigenvalue weighted by Crippen LogP contribution is 2.34. The summed E-state index contributed by atoms with van der Waals surface area (Å²) in [6.45, 7) is 2.00. The van der Waals surface area contributed by atoms with Crippen LogP contribution in [0.4, 0.5) is 16.0 Å². The summed E-state index contributed by atoms with van der Waals surface area (Å²) < 4.78 is 14.6. The quantitative estimate of drug-likeness (QED) is 0.320. The molecule has 10 nitrogen and oxygen atoms in total. The van der Waals surface area contributed by atoms with Crippen LogP contribution < -0.4 is 10.2 Å². The molecule has 6 rings (SSSR count). The van der Waals surface area contributed by atoms with Gasteiger partial charge >= 0.3 is 0 Å². The molecule has 0 spiro atoms. The summed E-state index contributed by atoms with van der Waals surface area (Å²) in [6, 6.07) is 11.7. The number of halogens is 1. The van der Waals surface area contributed by atoms with Crippen LogP contribution in [0.5, 0.6) is 0 Å². The molecule has 2 N–H and O–H groups in total. The average molecular weight is 519 g/mol. The smallest absolute Gasteiger partial charge is 0.161 e. The molecule has 1 atom stereocenters. The number of pyridine rings is 3. The van der Waals surface area contributed by atoms with Gasteiger partial charge in [-0.15, -0.1) is 0 Å². The van der Waals surface area contributed by atoms with Crippen molar-refractivity contribution in [3.8, 4) is 23.0 Å². The molecule has 192 valence electrons. The predicted molar refractivity (Wildman–Crippen MR) is 146 cm³/mol. The maximum Gasteiger partial charge on any atom is 0.161 e. The number of hydrogen-bond acceptors (Lipinski definition) is 8. The third-order valence-corrected chi connectivity index (χ3v) is 6.44. The highest BCUT2D eigenvalue weighted by molar-refractivity contribution is 5.98. The van der Waals surface area contributed by atoms with E-state index in [9.17, 15) is 9.65 Å². The summed E-state index contributed by atoms with van der Waals surface area (Å²) in [6.07, 6.45) is 15.3. The molecule has 0 bridgehead atoms. The van der Waals surface area contributed by atoms with Crippen LogP contribution in [-0.4, -0.2) is 41.7 Å². The number of hydrogen-bond donors (Lipinski definition) is 2. The Balaban J connectivity index is 1.24. The molecular weight excluding hydrogens is 495 g/mol. The highest BCUT2D eigenvalue weighted by atomic mass is 19.1. The van der Waals surface area contributed by atoms with Crippen LogP contribution in [0.25, 0.3) is 28.0 Å². The second kappa shape index (κ2) is 9.75. The normalized spacial score (nSPS) is 13.6. The van der Waals surface area contributed by atoms with Crippen molar-refractivity contribution in [2.24, 2.45) is 0 Å². The van der Waals surface area contributed by atoms with Gasteiger partial charge in [-0.2, -0.15) is 10.4 Å². The first-order valence-corrected chi connectivity index (χ1v) is 12.2. The Hall–Kier alpha value is -5.50. The van der Waals surface area contributed by atoms with Crippen LogP contribution in [-0.2, 0) is 0 Å². The van der Waals surface area contributed by atoms with Crippen LogP contribution in [0.15, 0.2) is 86.1 Å². The van der Waals surface area contributed by atoms with Gasteiger partial charge in [-0.05, 0) is 36.8 Å². The van der Waals surface area contributed by atoms with E-state index < -0.39 is 5.82 Å². The zero-order chi connectivity index (χ0) is 26.9. The van der Waals surface area contributed by atoms with Crippen LogP contribution in [0.3, 0.4) is 0 Å². The molecule has 0 fully saturated rings. The molecule has 0 amide bonds. The second-order valence-electron chi connectivity index (χ2n) is 9.10. The maximum absolute atomic E-state index is 13.3. The molecule has 1 aliphatic heterocycles. The lowest BCUT2D eigenvalue weighted by molar-refractivity contribution is 0.612. The molecule has 0 aromatic carbocycles. The van der Waals surface area contributed by atoms with E-state index >= 15 is 0 Å². The first-order chi connectivity index (χ1) is 19.0. The SMILES string of the molecule is C[C@H](Nc1ccc(-c2c(C#N)cnc3[nH]c(N4C=CN(C)C=C4)cc23)cn1)c1ccc(-n2cc(F)cn2)nc1. The van der Waals surface area contributed by atoms with Crippen LogP contribution in [0.1, 0.15) is 24.1 Å². The van der Waals surface area contributed by atoms with Crippen LogP contribution in [0.2, 0.25) is 0 Å². The Bertz CT molecular complexity index is 1730. The molecule has 39 heavy (non-hydrogen) atoms. The summed E-state index contributed by atoms with van der Waals surface area (Å²) in [5.74, 6) is 1.63. The number of nitriles is 1. The monoisotopic (exact) mass is 518 g/mol. The summed E-state index contributed by atoms with van der Waals surface area (Å²) in [5, 5.41) is 18.0. The number of aromatic nitrogens is 6. The molecule has 0 unspecified atom stereocenters. The fraction of sp³-hybridized carbons (Fsp3) is 0.107. The minimum atomic E-state index is -0.416. The van der Waals surface area contributed by atoms with Crippen molar-refractivity contribution < 1.29 is 4.39 Å². The van der Waals surface area contributed by atoms with Crippen LogP contribution >= 0.6 is 0 Å². The molecule has 0 saturated carbocycles. The number of nitrogens with zero attached hydrogens (tertiary/aromatic N) is 8.